The lowest BCUT2D eigenvalue weighted by Gasteiger charge is -2.13. The number of carboxylic acid groups (broad SMARTS) is 1. The van der Waals surface area contributed by atoms with Gasteiger partial charge in [-0.05, 0) is 61.4 Å². The summed E-state index contributed by atoms with van der Waals surface area (Å²) in [5, 5.41) is 21.8. The molecule has 1 aliphatic rings. The molecule has 38 heavy (non-hydrogen) atoms. The van der Waals surface area contributed by atoms with E-state index in [2.05, 4.69) is 63.7 Å². The van der Waals surface area contributed by atoms with E-state index in [4.69, 9.17) is 21.4 Å². The van der Waals surface area contributed by atoms with Gasteiger partial charge in [-0.25, -0.2) is 4.79 Å². The largest absolute Gasteiger partial charge is 0.480 e. The minimum atomic E-state index is -1.06. The molecule has 10 heteroatoms. The zero-order valence-corrected chi connectivity index (χ0v) is 22.7. The molecule has 0 bridgehead atoms. The monoisotopic (exact) mass is 548 g/mol. The van der Waals surface area contributed by atoms with Crippen LogP contribution in [0.5, 0.6) is 0 Å². The van der Waals surface area contributed by atoms with Gasteiger partial charge in [-0.3, -0.25) is 9.36 Å². The summed E-state index contributed by atoms with van der Waals surface area (Å²) in [6, 6.07) is 7.71. The first kappa shape index (κ1) is 27.2. The number of allylic oxidation sites excluding steroid dienone is 1. The van der Waals surface area contributed by atoms with Crippen LogP contribution < -0.4 is 5.32 Å². The average Bonchev–Trinajstić information content (AvgIpc) is 3.35. The molecule has 3 heterocycles. The van der Waals surface area contributed by atoms with Crippen molar-refractivity contribution in [1.82, 2.24) is 20.1 Å². The summed E-state index contributed by atoms with van der Waals surface area (Å²) < 4.78 is 6.86. The molecule has 0 saturated heterocycles. The van der Waals surface area contributed by atoms with Crippen LogP contribution in [0.3, 0.4) is 0 Å². The second kappa shape index (κ2) is 12.1. The third-order valence-electron chi connectivity index (χ3n) is 5.96. The van der Waals surface area contributed by atoms with E-state index in [1.54, 1.807) is 11.3 Å². The molecule has 3 aromatic rings. The van der Waals surface area contributed by atoms with Crippen molar-refractivity contribution in [2.75, 3.05) is 19.8 Å². The molecule has 0 aliphatic carbocycles. The fourth-order valence-electron chi connectivity index (χ4n) is 4.11. The normalized spacial score (nSPS) is 13.6. The lowest BCUT2D eigenvalue weighted by molar-refractivity contribution is -0.141. The third kappa shape index (κ3) is 6.15. The lowest BCUT2D eigenvalue weighted by atomic mass is 9.92. The molecule has 0 unspecified atom stereocenters. The summed E-state index contributed by atoms with van der Waals surface area (Å²) in [7, 11) is 0. The van der Waals surface area contributed by atoms with E-state index in [0.717, 1.165) is 27.5 Å². The molecular formula is C28H25ClN4O4S. The molecule has 0 fully saturated rings. The van der Waals surface area contributed by atoms with Gasteiger partial charge in [-0.2, -0.15) is 0 Å². The average molecular weight is 549 g/mol. The van der Waals surface area contributed by atoms with Gasteiger partial charge in [0.25, 0.3) is 0 Å². The van der Waals surface area contributed by atoms with Crippen molar-refractivity contribution in [2.45, 2.75) is 33.1 Å². The third-order valence-corrected chi connectivity index (χ3v) is 7.41. The number of carbonyl (C=O) groups is 2. The first-order valence-electron chi connectivity index (χ1n) is 11.8. The topological polar surface area (TPSA) is 106 Å². The number of carbonyl (C=O) groups excluding carboxylic acids is 1. The molecule has 1 amide bonds. The predicted molar refractivity (Wildman–Crippen MR) is 146 cm³/mol. The number of hydrogen-bond donors (Lipinski definition) is 2. The number of hydrogen-bond acceptors (Lipinski definition) is 6. The number of halogens is 1. The molecule has 4 rings (SSSR count). The summed E-state index contributed by atoms with van der Waals surface area (Å²) in [5.74, 6) is 10.5. The number of amides is 1. The Morgan fingerprint density at radius 2 is 1.89 bits per heavy atom. The second-order valence-corrected chi connectivity index (χ2v) is 10.2. The van der Waals surface area contributed by atoms with Crippen LogP contribution in [0, 0.1) is 44.5 Å². The highest BCUT2D eigenvalue weighted by Crippen LogP contribution is 2.44. The van der Waals surface area contributed by atoms with Crippen molar-refractivity contribution in [1.29, 1.82) is 0 Å². The van der Waals surface area contributed by atoms with Gasteiger partial charge < -0.3 is 15.2 Å². The number of ether oxygens (including phenoxy) is 1. The summed E-state index contributed by atoms with van der Waals surface area (Å²) in [6.45, 7) is 5.82. The summed E-state index contributed by atoms with van der Waals surface area (Å²) in [6.07, 6.45) is 2.26. The second-order valence-electron chi connectivity index (χ2n) is 8.57. The van der Waals surface area contributed by atoms with Crippen LogP contribution >= 0.6 is 22.9 Å². The number of nitrogens with one attached hydrogen (secondary N) is 1. The minimum Gasteiger partial charge on any atom is -0.480 e. The van der Waals surface area contributed by atoms with Crippen LogP contribution in [-0.2, 0) is 14.3 Å². The smallest absolute Gasteiger partial charge is 0.329 e. The predicted octanol–water partition coefficient (Wildman–Crippen LogP) is 4.05. The van der Waals surface area contributed by atoms with Gasteiger partial charge in [-0.15, -0.1) is 21.5 Å². The summed E-state index contributed by atoms with van der Waals surface area (Å²) in [4.78, 5) is 24.5. The zero-order chi connectivity index (χ0) is 27.2. The van der Waals surface area contributed by atoms with E-state index in [1.165, 1.54) is 10.4 Å². The molecule has 1 aliphatic heterocycles. The van der Waals surface area contributed by atoms with Gasteiger partial charge in [0.05, 0.1) is 6.54 Å². The maximum atomic E-state index is 12.9. The molecule has 2 N–H and O–H groups in total. The molecule has 0 spiro atoms. The molecule has 0 radical (unpaired) electrons. The van der Waals surface area contributed by atoms with E-state index in [1.807, 2.05) is 31.2 Å². The van der Waals surface area contributed by atoms with Crippen LogP contribution in [0.25, 0.3) is 10.6 Å². The van der Waals surface area contributed by atoms with E-state index in [9.17, 15) is 9.59 Å². The van der Waals surface area contributed by atoms with Gasteiger partial charge in [0.15, 0.2) is 0 Å². The number of thiophene rings is 1. The highest BCUT2D eigenvalue weighted by molar-refractivity contribution is 7.15. The Morgan fingerprint density at radius 1 is 1.16 bits per heavy atom. The Morgan fingerprint density at radius 3 is 2.63 bits per heavy atom. The van der Waals surface area contributed by atoms with Gasteiger partial charge in [0.2, 0.25) is 5.91 Å². The van der Waals surface area contributed by atoms with Crippen molar-refractivity contribution in [2.24, 2.45) is 0 Å². The molecule has 1 aromatic carbocycles. The summed E-state index contributed by atoms with van der Waals surface area (Å²) >= 11 is 7.85. The van der Waals surface area contributed by atoms with Crippen LogP contribution in [0.4, 0.5) is 0 Å². The molecule has 194 valence electrons. The maximum absolute atomic E-state index is 12.9. The van der Waals surface area contributed by atoms with Crippen molar-refractivity contribution in [3.63, 3.8) is 0 Å². The first-order chi connectivity index (χ1) is 18.3. The molecule has 1 atom stereocenters. The Kier molecular flexibility index (Phi) is 8.65. The Balaban J connectivity index is 1.57. The molecule has 2 aromatic heterocycles. The number of carboxylic acids is 1. The molecule has 8 nitrogen and oxygen atoms in total. The van der Waals surface area contributed by atoms with Crippen molar-refractivity contribution < 1.29 is 19.4 Å². The van der Waals surface area contributed by atoms with Crippen molar-refractivity contribution >= 4 is 40.4 Å². The van der Waals surface area contributed by atoms with E-state index in [0.29, 0.717) is 10.8 Å². The van der Waals surface area contributed by atoms with E-state index >= 15 is 0 Å². The van der Waals surface area contributed by atoms with Crippen LogP contribution in [-0.4, -0.2) is 51.5 Å². The van der Waals surface area contributed by atoms with Gasteiger partial charge in [-0.1, -0.05) is 41.7 Å². The summed E-state index contributed by atoms with van der Waals surface area (Å²) in [5.41, 5.74) is 4.33. The van der Waals surface area contributed by atoms with Crippen LogP contribution in [0.2, 0.25) is 5.02 Å². The highest BCUT2D eigenvalue weighted by Gasteiger charge is 2.31. The lowest BCUT2D eigenvalue weighted by Crippen LogP contribution is -2.25. The standard InChI is InChI=1S/C28H25ClN4O4S/c1-17-18(2)38-28-26(17)23(20-8-10-22(29)11-9-20)14-21(27-32-31-19(3)33(27)28)15-24(34)30-12-6-4-5-7-13-37-16-25(35)36/h8-11,14,21H,12-13,15-16H2,1-3H3,(H,30,34)(H,35,36)/t21-/m0/s1. The Hall–Kier alpha value is -3.89. The van der Waals surface area contributed by atoms with Crippen LogP contribution in [0.1, 0.15) is 45.6 Å². The zero-order valence-electron chi connectivity index (χ0n) is 21.1. The fraction of sp³-hybridized carbons (Fsp3) is 0.286. The Bertz CT molecular complexity index is 1530. The molecular weight excluding hydrogens is 524 g/mol. The van der Waals surface area contributed by atoms with E-state index < -0.39 is 12.6 Å². The number of aryl methyl sites for hydroxylation is 2. The highest BCUT2D eigenvalue weighted by atomic mass is 35.5. The van der Waals surface area contributed by atoms with Crippen molar-refractivity contribution in [3.05, 3.63) is 68.6 Å². The SMILES string of the molecule is Cc1sc2c(c1C)C(c1ccc(Cl)cc1)=C[C@@H](CC(=O)NCC#CC#CCOCC(=O)O)c1nnc(C)n1-2. The van der Waals surface area contributed by atoms with Crippen LogP contribution in [0.15, 0.2) is 30.3 Å². The van der Waals surface area contributed by atoms with Gasteiger partial charge in [0, 0.05) is 27.8 Å². The first-order valence-corrected chi connectivity index (χ1v) is 13.0. The Labute approximate surface area is 229 Å². The number of benzene rings is 1. The van der Waals surface area contributed by atoms with Gasteiger partial charge >= 0.3 is 5.97 Å². The number of rotatable bonds is 7. The number of nitrogens with zero attached hydrogens (tertiary/aromatic N) is 3. The number of fused-ring (bicyclic) bond motifs is 3. The number of aliphatic carboxylic acids is 1. The van der Waals surface area contributed by atoms with E-state index in [-0.39, 0.29) is 31.4 Å². The number of aromatic nitrogens is 3. The van der Waals surface area contributed by atoms with Gasteiger partial charge in [0.1, 0.15) is 29.9 Å². The minimum absolute atomic E-state index is 0.0259. The fourth-order valence-corrected chi connectivity index (χ4v) is 5.46. The maximum Gasteiger partial charge on any atom is 0.329 e. The van der Waals surface area contributed by atoms with Crippen molar-refractivity contribution in [3.8, 4) is 28.7 Å². The quantitative estimate of drug-likeness (QED) is 0.341. The molecule has 0 saturated carbocycles.